The molecule has 16 nitrogen and oxygen atoms in total. The molecule has 3 N–H and O–H groups in total. The van der Waals surface area contributed by atoms with Crippen LogP contribution in [0.5, 0.6) is 5.75 Å². The Kier molecular flexibility index (Phi) is 14.5. The number of carbonyl (C=O) groups is 5. The number of imide groups is 1. The van der Waals surface area contributed by atoms with Gasteiger partial charge in [-0.2, -0.15) is 5.10 Å². The van der Waals surface area contributed by atoms with Crippen LogP contribution < -0.4 is 25.6 Å². The molecule has 10 rings (SSSR count). The Morgan fingerprint density at radius 1 is 0.867 bits per heavy atom. The van der Waals surface area contributed by atoms with Gasteiger partial charge >= 0.3 is 5.97 Å². The topological polar surface area (TPSA) is 190 Å². The molecular formula is C58H63N9O7S. The number of carbonyl (C=O) groups excluding carboxylic acids is 5. The van der Waals surface area contributed by atoms with E-state index in [2.05, 4.69) is 48.8 Å². The number of likely N-dealkylation sites (tertiary alicyclic amines) is 1. The summed E-state index contributed by atoms with van der Waals surface area (Å²) >= 11 is 1.44. The van der Waals surface area contributed by atoms with Crippen molar-refractivity contribution in [3.63, 3.8) is 0 Å². The van der Waals surface area contributed by atoms with Crippen molar-refractivity contribution in [2.45, 2.75) is 91.2 Å². The van der Waals surface area contributed by atoms with E-state index in [4.69, 9.17) is 14.5 Å². The number of pyridine rings is 1. The van der Waals surface area contributed by atoms with Gasteiger partial charge in [0.25, 0.3) is 5.91 Å². The van der Waals surface area contributed by atoms with Crippen molar-refractivity contribution in [2.24, 2.45) is 18.9 Å². The van der Waals surface area contributed by atoms with Crippen molar-refractivity contribution in [2.75, 3.05) is 48.3 Å². The van der Waals surface area contributed by atoms with Crippen molar-refractivity contribution in [1.29, 1.82) is 0 Å². The maximum absolute atomic E-state index is 14.1. The number of esters is 1. The second-order valence-corrected chi connectivity index (χ2v) is 22.1. The summed E-state index contributed by atoms with van der Waals surface area (Å²) in [4.78, 5) is 79.7. The number of nitrogens with one attached hydrogen (secondary N) is 3. The summed E-state index contributed by atoms with van der Waals surface area (Å²) in [5, 5.41) is 14.5. The third-order valence-electron chi connectivity index (χ3n) is 14.8. The van der Waals surface area contributed by atoms with Crippen LogP contribution in [0, 0.1) is 18.8 Å². The number of aromatic nitrogens is 4. The standard InChI is InChI=1S/C58H63N9O7S/c1-34(36-24-28-66(29-25-36)33-50(69)59-45-17-10-15-41-51(64-65(6)53(41)45)42-21-23-49(68)62-55(42)71)27-31-73-46-18-11-13-38(35(46)2)39-20-22-48(61-52(39)56(72)74-58(3,4)5)67-30-26-37-12-9-14-40(43(37)32-67)54(70)63-57-60-44-16-7-8-19-47(44)75-57/h7-20,22,34,36,42H,21,23-33H2,1-6H3,(H,59,69)(H,60,63,70)(H,62,68,71)/t34-,42?/m0/s1. The lowest BCUT2D eigenvalue weighted by molar-refractivity contribution is -0.134. The van der Waals surface area contributed by atoms with Crippen LogP contribution in [0.3, 0.4) is 0 Å². The molecule has 3 aliphatic rings. The number of thiazole rings is 1. The van der Waals surface area contributed by atoms with Crippen molar-refractivity contribution in [3.8, 4) is 16.9 Å². The molecule has 2 saturated heterocycles. The number of nitrogens with zero attached hydrogens (tertiary/aromatic N) is 6. The molecule has 6 heterocycles. The maximum atomic E-state index is 14.1. The summed E-state index contributed by atoms with van der Waals surface area (Å²) < 4.78 is 15.2. The lowest BCUT2D eigenvalue weighted by Gasteiger charge is -2.34. The fourth-order valence-corrected chi connectivity index (χ4v) is 11.7. The van der Waals surface area contributed by atoms with Gasteiger partial charge in [-0.1, -0.05) is 66.8 Å². The molecule has 388 valence electrons. The number of fused-ring (bicyclic) bond motifs is 3. The van der Waals surface area contributed by atoms with Gasteiger partial charge in [0.05, 0.1) is 46.2 Å². The van der Waals surface area contributed by atoms with Crippen molar-refractivity contribution >= 4 is 78.7 Å². The minimum Gasteiger partial charge on any atom is -0.493 e. The van der Waals surface area contributed by atoms with Crippen LogP contribution in [0.4, 0.5) is 16.6 Å². The normalized spacial score (nSPS) is 16.9. The molecule has 17 heteroatoms. The highest BCUT2D eigenvalue weighted by atomic mass is 32.1. The van der Waals surface area contributed by atoms with E-state index in [0.29, 0.717) is 77.8 Å². The Morgan fingerprint density at radius 3 is 2.44 bits per heavy atom. The molecule has 0 bridgehead atoms. The first-order valence-corrected chi connectivity index (χ1v) is 26.7. The molecule has 3 aliphatic heterocycles. The highest BCUT2D eigenvalue weighted by molar-refractivity contribution is 7.22. The highest BCUT2D eigenvalue weighted by Gasteiger charge is 2.33. The van der Waals surface area contributed by atoms with Gasteiger partial charge < -0.3 is 19.7 Å². The number of piperidine rings is 2. The molecule has 4 aromatic carbocycles. The number of hydrogen-bond acceptors (Lipinski definition) is 13. The highest BCUT2D eigenvalue weighted by Crippen LogP contribution is 2.37. The van der Waals surface area contributed by atoms with E-state index >= 15 is 0 Å². The zero-order valence-electron chi connectivity index (χ0n) is 43.3. The third kappa shape index (κ3) is 11.2. The van der Waals surface area contributed by atoms with E-state index in [0.717, 1.165) is 81.5 Å². The maximum Gasteiger partial charge on any atom is 0.358 e. The summed E-state index contributed by atoms with van der Waals surface area (Å²) in [5.74, 6) is 0.224. The molecule has 0 saturated carbocycles. The summed E-state index contributed by atoms with van der Waals surface area (Å²) in [6.07, 6.45) is 4.15. The predicted molar refractivity (Wildman–Crippen MR) is 291 cm³/mol. The first-order chi connectivity index (χ1) is 36.1. The fourth-order valence-electron chi connectivity index (χ4n) is 10.8. The first-order valence-electron chi connectivity index (χ1n) is 25.9. The zero-order valence-corrected chi connectivity index (χ0v) is 44.1. The van der Waals surface area contributed by atoms with Crippen LogP contribution in [0.15, 0.2) is 91.0 Å². The van der Waals surface area contributed by atoms with Crippen molar-refractivity contribution in [1.82, 2.24) is 30.0 Å². The molecule has 3 aromatic heterocycles. The van der Waals surface area contributed by atoms with E-state index < -0.39 is 17.5 Å². The van der Waals surface area contributed by atoms with Crippen LogP contribution in [-0.2, 0) is 39.1 Å². The summed E-state index contributed by atoms with van der Waals surface area (Å²) in [5.41, 5.74) is 7.21. The number of amides is 4. The number of benzene rings is 4. The number of ether oxygens (including phenoxy) is 2. The van der Waals surface area contributed by atoms with E-state index in [1.807, 2.05) is 113 Å². The smallest absolute Gasteiger partial charge is 0.358 e. The monoisotopic (exact) mass is 1030 g/mol. The van der Waals surface area contributed by atoms with E-state index in [1.165, 1.54) is 11.3 Å². The molecule has 0 aliphatic carbocycles. The Balaban J connectivity index is 0.761. The lowest BCUT2D eigenvalue weighted by Crippen LogP contribution is -2.40. The Morgan fingerprint density at radius 2 is 1.65 bits per heavy atom. The number of rotatable bonds is 14. The van der Waals surface area contributed by atoms with Gasteiger partial charge in [0.15, 0.2) is 10.8 Å². The molecule has 1 unspecified atom stereocenters. The molecule has 0 radical (unpaired) electrons. The van der Waals surface area contributed by atoms with Gasteiger partial charge in [0.2, 0.25) is 17.7 Å². The third-order valence-corrected chi connectivity index (χ3v) is 15.7. The Hall–Kier alpha value is -7.50. The van der Waals surface area contributed by atoms with Crippen LogP contribution in [-0.4, -0.2) is 92.6 Å². The molecule has 7 aromatic rings. The lowest BCUT2D eigenvalue weighted by atomic mass is 9.84. The second-order valence-electron chi connectivity index (χ2n) is 21.0. The number of aryl methyl sites for hydroxylation is 1. The average molecular weight is 1030 g/mol. The van der Waals surface area contributed by atoms with Gasteiger partial charge in [-0.05, 0) is 149 Å². The van der Waals surface area contributed by atoms with Crippen LogP contribution in [0.1, 0.15) is 109 Å². The molecule has 4 amide bonds. The van der Waals surface area contributed by atoms with Crippen molar-refractivity contribution in [3.05, 3.63) is 125 Å². The summed E-state index contributed by atoms with van der Waals surface area (Å²) in [7, 11) is 1.80. The van der Waals surface area contributed by atoms with Gasteiger partial charge in [0.1, 0.15) is 17.2 Å². The van der Waals surface area contributed by atoms with Crippen LogP contribution in [0.25, 0.3) is 32.2 Å². The summed E-state index contributed by atoms with van der Waals surface area (Å²) in [6, 6.07) is 29.0. The first kappa shape index (κ1) is 51.0. The van der Waals surface area contributed by atoms with Gasteiger partial charge in [-0.15, -0.1) is 0 Å². The molecule has 2 fully saturated rings. The van der Waals surface area contributed by atoms with Crippen molar-refractivity contribution < 1.29 is 33.4 Å². The molecule has 75 heavy (non-hydrogen) atoms. The van der Waals surface area contributed by atoms with Gasteiger partial charge in [0, 0.05) is 43.1 Å². The Bertz CT molecular complexity index is 3320. The van der Waals surface area contributed by atoms with Crippen LogP contribution >= 0.6 is 11.3 Å². The SMILES string of the molecule is Cc1c(OCC[C@H](C)C2CCN(CC(=O)Nc3cccc4c(C5CCC(=O)NC5=O)nn(C)c34)CC2)cccc1-c1ccc(N2CCc3cccc(C(=O)Nc4nc5ccccc5s4)c3C2)nc1C(=O)OC(C)(C)C. The minimum absolute atomic E-state index is 0.111. The number of anilines is 3. The molecular weight excluding hydrogens is 967 g/mol. The molecule has 0 spiro atoms. The molecule has 2 atom stereocenters. The second kappa shape index (κ2) is 21.4. The minimum atomic E-state index is -0.756. The predicted octanol–water partition coefficient (Wildman–Crippen LogP) is 9.60. The summed E-state index contributed by atoms with van der Waals surface area (Å²) in [6.45, 7) is 13.3. The number of hydrogen-bond donors (Lipinski definition) is 3. The Labute approximate surface area is 440 Å². The van der Waals surface area contributed by atoms with E-state index in [-0.39, 0.29) is 42.3 Å². The van der Waals surface area contributed by atoms with E-state index in [9.17, 15) is 24.0 Å². The largest absolute Gasteiger partial charge is 0.493 e. The zero-order chi connectivity index (χ0) is 52.5. The fraction of sp³-hybridized carbons (Fsp3) is 0.379. The average Bonchev–Trinajstić information content (AvgIpc) is 3.96. The van der Waals surface area contributed by atoms with Crippen LogP contribution in [0.2, 0.25) is 0 Å². The quantitative estimate of drug-likeness (QED) is 0.0692. The van der Waals surface area contributed by atoms with Gasteiger partial charge in [-0.25, -0.2) is 14.8 Å². The van der Waals surface area contributed by atoms with E-state index in [1.54, 1.807) is 11.7 Å². The number of para-hydroxylation sites is 2. The van der Waals surface area contributed by atoms with Gasteiger partial charge in [-0.3, -0.25) is 39.4 Å².